The molecular formula is C16H16Br2ClN. The van der Waals surface area contributed by atoms with Crippen molar-refractivity contribution in [2.24, 2.45) is 0 Å². The lowest BCUT2D eigenvalue weighted by Crippen LogP contribution is -2.19. The van der Waals surface area contributed by atoms with Crippen molar-refractivity contribution in [2.45, 2.75) is 19.9 Å². The molecule has 2 aromatic carbocycles. The van der Waals surface area contributed by atoms with Crippen LogP contribution in [0.1, 0.15) is 28.3 Å². The average Bonchev–Trinajstić information content (AvgIpc) is 2.38. The van der Waals surface area contributed by atoms with Crippen LogP contribution in [0.15, 0.2) is 39.3 Å². The van der Waals surface area contributed by atoms with Crippen molar-refractivity contribution < 1.29 is 0 Å². The third-order valence-electron chi connectivity index (χ3n) is 3.49. The zero-order chi connectivity index (χ0) is 14.9. The van der Waals surface area contributed by atoms with Crippen LogP contribution in [0.4, 0.5) is 0 Å². The zero-order valence-corrected chi connectivity index (χ0v) is 15.5. The van der Waals surface area contributed by atoms with E-state index < -0.39 is 0 Å². The van der Waals surface area contributed by atoms with Crippen molar-refractivity contribution in [3.05, 3.63) is 66.6 Å². The Kier molecular flexibility index (Phi) is 5.30. The van der Waals surface area contributed by atoms with Crippen LogP contribution in [0.3, 0.4) is 0 Å². The fraction of sp³-hybridized carbons (Fsp3) is 0.250. The highest BCUT2D eigenvalue weighted by molar-refractivity contribution is 9.11. The van der Waals surface area contributed by atoms with Gasteiger partial charge in [-0.1, -0.05) is 55.6 Å². The van der Waals surface area contributed by atoms with Crippen LogP contribution in [0.25, 0.3) is 0 Å². The van der Waals surface area contributed by atoms with Crippen molar-refractivity contribution in [3.63, 3.8) is 0 Å². The second-order valence-electron chi connectivity index (χ2n) is 4.85. The largest absolute Gasteiger partial charge is 0.309 e. The fourth-order valence-electron chi connectivity index (χ4n) is 2.24. The summed E-state index contributed by atoms with van der Waals surface area (Å²) in [5.74, 6) is 0. The van der Waals surface area contributed by atoms with Crippen molar-refractivity contribution in [1.82, 2.24) is 5.32 Å². The molecule has 2 aromatic rings. The van der Waals surface area contributed by atoms with Crippen LogP contribution in [-0.4, -0.2) is 7.05 Å². The molecule has 0 saturated heterocycles. The van der Waals surface area contributed by atoms with Crippen LogP contribution in [0.5, 0.6) is 0 Å². The maximum atomic E-state index is 6.44. The molecule has 1 unspecified atom stereocenters. The van der Waals surface area contributed by atoms with E-state index >= 15 is 0 Å². The van der Waals surface area contributed by atoms with E-state index in [4.69, 9.17) is 11.6 Å². The molecule has 0 aliphatic rings. The molecule has 0 radical (unpaired) electrons. The summed E-state index contributed by atoms with van der Waals surface area (Å²) in [7, 11) is 1.95. The minimum absolute atomic E-state index is 0.0595. The van der Waals surface area contributed by atoms with Crippen molar-refractivity contribution in [1.29, 1.82) is 0 Å². The highest BCUT2D eigenvalue weighted by Gasteiger charge is 2.18. The fourth-order valence-corrected chi connectivity index (χ4v) is 3.84. The molecular weight excluding hydrogens is 401 g/mol. The van der Waals surface area contributed by atoms with Gasteiger partial charge in [0.15, 0.2) is 0 Å². The predicted molar refractivity (Wildman–Crippen MR) is 93.7 cm³/mol. The number of hydrogen-bond donors (Lipinski definition) is 1. The summed E-state index contributed by atoms with van der Waals surface area (Å²) >= 11 is 13.6. The Morgan fingerprint density at radius 2 is 1.65 bits per heavy atom. The molecule has 0 spiro atoms. The third-order valence-corrected chi connectivity index (χ3v) is 4.99. The Bertz CT molecular complexity index is 641. The molecule has 1 nitrogen and oxygen atoms in total. The molecule has 1 atom stereocenters. The van der Waals surface area contributed by atoms with E-state index in [-0.39, 0.29) is 6.04 Å². The quantitative estimate of drug-likeness (QED) is 0.666. The molecule has 0 bridgehead atoms. The van der Waals surface area contributed by atoms with Crippen LogP contribution in [-0.2, 0) is 0 Å². The highest BCUT2D eigenvalue weighted by atomic mass is 79.9. The molecule has 1 N–H and O–H groups in total. The van der Waals surface area contributed by atoms with Crippen LogP contribution in [0.2, 0.25) is 5.02 Å². The Labute approximate surface area is 142 Å². The summed E-state index contributed by atoms with van der Waals surface area (Å²) in [5.41, 5.74) is 4.72. The number of benzene rings is 2. The number of nitrogens with one attached hydrogen (secondary N) is 1. The van der Waals surface area contributed by atoms with E-state index in [1.165, 1.54) is 16.7 Å². The summed E-state index contributed by atoms with van der Waals surface area (Å²) in [6, 6.07) is 10.4. The maximum Gasteiger partial charge on any atom is 0.0600 e. The predicted octanol–water partition coefficient (Wildman–Crippen LogP) is 5.79. The first-order valence-corrected chi connectivity index (χ1v) is 8.29. The van der Waals surface area contributed by atoms with Gasteiger partial charge in [-0.05, 0) is 61.3 Å². The molecule has 0 fully saturated rings. The lowest BCUT2D eigenvalue weighted by molar-refractivity contribution is 0.688. The molecule has 0 aliphatic heterocycles. The number of aryl methyl sites for hydroxylation is 2. The monoisotopic (exact) mass is 415 g/mol. The normalized spacial score (nSPS) is 12.5. The van der Waals surface area contributed by atoms with Crippen molar-refractivity contribution in [2.75, 3.05) is 7.05 Å². The molecule has 0 aliphatic carbocycles. The van der Waals surface area contributed by atoms with Gasteiger partial charge < -0.3 is 5.32 Å². The van der Waals surface area contributed by atoms with Gasteiger partial charge in [-0.25, -0.2) is 0 Å². The third kappa shape index (κ3) is 3.28. The molecule has 0 aromatic heterocycles. The maximum absolute atomic E-state index is 6.44. The van der Waals surface area contributed by atoms with Gasteiger partial charge in [-0.3, -0.25) is 0 Å². The van der Waals surface area contributed by atoms with Gasteiger partial charge in [0.05, 0.1) is 6.04 Å². The van der Waals surface area contributed by atoms with Gasteiger partial charge >= 0.3 is 0 Å². The molecule has 4 heteroatoms. The van der Waals surface area contributed by atoms with E-state index in [1.807, 2.05) is 19.2 Å². The molecule has 2 rings (SSSR count). The van der Waals surface area contributed by atoms with Crippen LogP contribution in [0, 0.1) is 13.8 Å². The van der Waals surface area contributed by atoms with E-state index in [0.717, 1.165) is 19.5 Å². The molecule has 0 saturated carbocycles. The lowest BCUT2D eigenvalue weighted by Gasteiger charge is -2.21. The number of halogens is 3. The first-order chi connectivity index (χ1) is 9.43. The van der Waals surface area contributed by atoms with Gasteiger partial charge in [0, 0.05) is 14.0 Å². The van der Waals surface area contributed by atoms with E-state index in [9.17, 15) is 0 Å². The molecule has 0 amide bonds. The minimum atomic E-state index is 0.0595. The Morgan fingerprint density at radius 1 is 1.00 bits per heavy atom. The summed E-state index contributed by atoms with van der Waals surface area (Å²) < 4.78 is 2.11. The topological polar surface area (TPSA) is 12.0 Å². The van der Waals surface area contributed by atoms with Gasteiger partial charge in [0.1, 0.15) is 0 Å². The lowest BCUT2D eigenvalue weighted by atomic mass is 9.95. The van der Waals surface area contributed by atoms with Crippen LogP contribution >= 0.6 is 43.5 Å². The van der Waals surface area contributed by atoms with Crippen LogP contribution < -0.4 is 5.32 Å². The molecule has 20 heavy (non-hydrogen) atoms. The van der Waals surface area contributed by atoms with E-state index in [0.29, 0.717) is 0 Å². The Balaban J connectivity index is 2.55. The summed E-state index contributed by atoms with van der Waals surface area (Å²) in [6.45, 7) is 4.19. The highest BCUT2D eigenvalue weighted by Crippen LogP contribution is 2.35. The molecule has 0 heterocycles. The second kappa shape index (κ2) is 6.61. The van der Waals surface area contributed by atoms with Gasteiger partial charge in [-0.2, -0.15) is 0 Å². The summed E-state index contributed by atoms with van der Waals surface area (Å²) in [6.07, 6.45) is 0. The Hall–Kier alpha value is -0.350. The number of hydrogen-bond acceptors (Lipinski definition) is 1. The van der Waals surface area contributed by atoms with E-state index in [2.05, 4.69) is 69.2 Å². The van der Waals surface area contributed by atoms with Gasteiger partial charge in [0.25, 0.3) is 0 Å². The van der Waals surface area contributed by atoms with Gasteiger partial charge in [0.2, 0.25) is 0 Å². The zero-order valence-electron chi connectivity index (χ0n) is 11.6. The summed E-state index contributed by atoms with van der Waals surface area (Å²) in [4.78, 5) is 0. The SMILES string of the molecule is CNC(c1cc(C)c(C)cc1Cl)c1ccc(Br)cc1Br. The first kappa shape index (κ1) is 16.0. The van der Waals surface area contributed by atoms with Crippen molar-refractivity contribution in [3.8, 4) is 0 Å². The van der Waals surface area contributed by atoms with Crippen molar-refractivity contribution >= 4 is 43.5 Å². The first-order valence-electron chi connectivity index (χ1n) is 6.33. The Morgan fingerprint density at radius 3 is 2.25 bits per heavy atom. The minimum Gasteiger partial charge on any atom is -0.309 e. The summed E-state index contributed by atoms with van der Waals surface area (Å²) in [5, 5.41) is 4.15. The second-order valence-corrected chi connectivity index (χ2v) is 7.02. The standard InChI is InChI=1S/C16H16Br2ClN/c1-9-6-13(15(19)7-10(9)2)16(20-3)12-5-4-11(17)8-14(12)18/h4-8,16,20H,1-3H3. The van der Waals surface area contributed by atoms with E-state index in [1.54, 1.807) is 0 Å². The molecule has 106 valence electrons. The smallest absolute Gasteiger partial charge is 0.0600 e. The number of rotatable bonds is 3. The van der Waals surface area contributed by atoms with Gasteiger partial charge in [-0.15, -0.1) is 0 Å². The average molecular weight is 418 g/mol.